The summed E-state index contributed by atoms with van der Waals surface area (Å²) in [6.07, 6.45) is 1.46. The van der Waals surface area contributed by atoms with Gasteiger partial charge in [-0.1, -0.05) is 38.1 Å². The van der Waals surface area contributed by atoms with Crippen LogP contribution in [0.1, 0.15) is 32.3 Å². The van der Waals surface area contributed by atoms with E-state index in [0.717, 1.165) is 17.5 Å². The zero-order chi connectivity index (χ0) is 20.3. The van der Waals surface area contributed by atoms with Crippen LogP contribution in [0.5, 0.6) is 0 Å². The molecular weight excluding hydrogens is 358 g/mol. The van der Waals surface area contributed by atoms with Gasteiger partial charge in [-0.2, -0.15) is 0 Å². The molecule has 0 aliphatic rings. The van der Waals surface area contributed by atoms with Crippen molar-refractivity contribution in [1.82, 2.24) is 19.1 Å². The molecular formula is C19H25N7O2. The highest BCUT2D eigenvalue weighted by Gasteiger charge is 2.17. The van der Waals surface area contributed by atoms with Crippen molar-refractivity contribution in [2.75, 3.05) is 0 Å². The Hall–Kier alpha value is -3.36. The number of aryl methyl sites for hydroxylation is 1. The number of imidazole rings is 1. The molecule has 0 fully saturated rings. The number of nitrogens with one attached hydrogen (secondary N) is 1. The third-order valence-electron chi connectivity index (χ3n) is 4.43. The summed E-state index contributed by atoms with van der Waals surface area (Å²) < 4.78 is 2.85. The highest BCUT2D eigenvalue weighted by Crippen LogP contribution is 2.19. The van der Waals surface area contributed by atoms with Crippen molar-refractivity contribution in [3.8, 4) is 11.4 Å². The molecule has 0 radical (unpaired) electrons. The lowest BCUT2D eigenvalue weighted by molar-refractivity contribution is 0.555. The Morgan fingerprint density at radius 2 is 1.71 bits per heavy atom. The van der Waals surface area contributed by atoms with Crippen molar-refractivity contribution in [3.63, 3.8) is 0 Å². The van der Waals surface area contributed by atoms with Crippen LogP contribution in [0.15, 0.2) is 38.8 Å². The van der Waals surface area contributed by atoms with E-state index in [0.29, 0.717) is 43.0 Å². The van der Waals surface area contributed by atoms with Crippen LogP contribution in [-0.2, 0) is 19.6 Å². The number of hydrogen-bond acceptors (Lipinski definition) is 4. The average molecular weight is 383 g/mol. The van der Waals surface area contributed by atoms with Gasteiger partial charge in [-0.15, -0.1) is 0 Å². The van der Waals surface area contributed by atoms with E-state index in [2.05, 4.69) is 15.0 Å². The van der Waals surface area contributed by atoms with Gasteiger partial charge in [0.25, 0.3) is 5.56 Å². The first kappa shape index (κ1) is 19.4. The summed E-state index contributed by atoms with van der Waals surface area (Å²) in [5.74, 6) is 0.581. The Morgan fingerprint density at radius 1 is 1.07 bits per heavy atom. The monoisotopic (exact) mass is 383 g/mol. The molecule has 0 unspecified atom stereocenters. The van der Waals surface area contributed by atoms with Crippen molar-refractivity contribution in [2.24, 2.45) is 16.5 Å². The lowest BCUT2D eigenvalue weighted by Crippen LogP contribution is -2.40. The van der Waals surface area contributed by atoms with Crippen LogP contribution in [0.2, 0.25) is 0 Å². The molecule has 0 saturated carbocycles. The van der Waals surface area contributed by atoms with E-state index in [1.54, 1.807) is 4.57 Å². The number of aromatic amines is 1. The van der Waals surface area contributed by atoms with Gasteiger partial charge in [-0.05, 0) is 18.4 Å². The third kappa shape index (κ3) is 3.68. The standard InChI is InChI=1S/C19H25N7O2/c1-3-9-25-16-14(17(27)26(10-4-2)19(25)28)23-15(24-16)13-7-5-12(6-8-13)11-22-18(20)21/h5-8H,3-4,9-11H2,1-2H3,(H,23,24)(H4,20,21,22). The van der Waals surface area contributed by atoms with Crippen LogP contribution >= 0.6 is 0 Å². The Kier molecular flexibility index (Phi) is 5.62. The van der Waals surface area contributed by atoms with Gasteiger partial charge in [0.15, 0.2) is 11.6 Å². The van der Waals surface area contributed by atoms with E-state index < -0.39 is 0 Å². The second-order valence-corrected chi connectivity index (χ2v) is 6.61. The van der Waals surface area contributed by atoms with Crippen molar-refractivity contribution < 1.29 is 0 Å². The maximum absolute atomic E-state index is 12.8. The van der Waals surface area contributed by atoms with Gasteiger partial charge in [-0.3, -0.25) is 13.9 Å². The molecule has 0 spiro atoms. The Labute approximate surface area is 161 Å². The number of H-pyrrole nitrogens is 1. The topological polar surface area (TPSA) is 137 Å². The van der Waals surface area contributed by atoms with E-state index in [9.17, 15) is 9.59 Å². The van der Waals surface area contributed by atoms with Crippen LogP contribution in [0.25, 0.3) is 22.6 Å². The molecule has 9 nitrogen and oxygen atoms in total. The number of fused-ring (bicyclic) bond motifs is 1. The van der Waals surface area contributed by atoms with E-state index in [4.69, 9.17) is 11.5 Å². The number of aromatic nitrogens is 4. The van der Waals surface area contributed by atoms with Gasteiger partial charge in [0.1, 0.15) is 11.3 Å². The van der Waals surface area contributed by atoms with Gasteiger partial charge in [-0.25, -0.2) is 14.8 Å². The normalized spacial score (nSPS) is 11.1. The Bertz CT molecular complexity index is 1120. The maximum Gasteiger partial charge on any atom is 0.332 e. The molecule has 9 heteroatoms. The predicted octanol–water partition coefficient (Wildman–Crippen LogP) is 1.15. The van der Waals surface area contributed by atoms with Crippen molar-refractivity contribution >= 4 is 17.1 Å². The van der Waals surface area contributed by atoms with E-state index in [1.165, 1.54) is 4.57 Å². The fraction of sp³-hybridized carbons (Fsp3) is 0.368. The third-order valence-corrected chi connectivity index (χ3v) is 4.43. The SMILES string of the molecule is CCCn1c(=O)c2[nH]c(-c3ccc(CN=C(N)N)cc3)nc2n(CCC)c1=O. The number of benzene rings is 1. The van der Waals surface area contributed by atoms with E-state index in [-0.39, 0.29) is 17.2 Å². The lowest BCUT2D eigenvalue weighted by atomic mass is 10.1. The number of guanidine groups is 1. The van der Waals surface area contributed by atoms with Crippen LogP contribution in [0, 0.1) is 0 Å². The molecule has 3 aromatic rings. The average Bonchev–Trinajstić information content (AvgIpc) is 3.13. The number of nitrogens with two attached hydrogens (primary N) is 2. The highest BCUT2D eigenvalue weighted by atomic mass is 16.2. The minimum absolute atomic E-state index is 0.0404. The molecule has 0 aliphatic heterocycles. The second kappa shape index (κ2) is 8.12. The van der Waals surface area contributed by atoms with Crippen LogP contribution < -0.4 is 22.7 Å². The number of rotatable bonds is 7. The summed E-state index contributed by atoms with van der Waals surface area (Å²) in [6.45, 7) is 5.19. The molecule has 0 amide bonds. The maximum atomic E-state index is 12.8. The van der Waals surface area contributed by atoms with Gasteiger partial charge in [0.2, 0.25) is 0 Å². The summed E-state index contributed by atoms with van der Waals surface area (Å²) in [7, 11) is 0. The molecule has 0 aliphatic carbocycles. The molecule has 148 valence electrons. The lowest BCUT2D eigenvalue weighted by Gasteiger charge is -2.09. The smallest absolute Gasteiger partial charge is 0.332 e. The fourth-order valence-electron chi connectivity index (χ4n) is 3.10. The van der Waals surface area contributed by atoms with Gasteiger partial charge >= 0.3 is 5.69 Å². The summed E-state index contributed by atoms with van der Waals surface area (Å²) in [5.41, 5.74) is 12.6. The summed E-state index contributed by atoms with van der Waals surface area (Å²) in [6, 6.07) is 7.54. The molecule has 0 atom stereocenters. The molecule has 5 N–H and O–H groups in total. The first-order chi connectivity index (χ1) is 13.5. The first-order valence-electron chi connectivity index (χ1n) is 9.34. The van der Waals surface area contributed by atoms with Crippen LogP contribution in [0.3, 0.4) is 0 Å². The molecule has 0 saturated heterocycles. The molecule has 1 aromatic carbocycles. The molecule has 2 aromatic heterocycles. The van der Waals surface area contributed by atoms with E-state index in [1.807, 2.05) is 38.1 Å². The molecule has 2 heterocycles. The number of hydrogen-bond donors (Lipinski definition) is 3. The first-order valence-corrected chi connectivity index (χ1v) is 9.34. The molecule has 0 bridgehead atoms. The Balaban J connectivity index is 2.10. The fourth-order valence-corrected chi connectivity index (χ4v) is 3.10. The largest absolute Gasteiger partial charge is 0.370 e. The minimum atomic E-state index is -0.336. The van der Waals surface area contributed by atoms with Crippen molar-refractivity contribution in [1.29, 1.82) is 0 Å². The van der Waals surface area contributed by atoms with Gasteiger partial charge in [0.05, 0.1) is 6.54 Å². The quantitative estimate of drug-likeness (QED) is 0.415. The van der Waals surface area contributed by atoms with Crippen LogP contribution in [0.4, 0.5) is 0 Å². The highest BCUT2D eigenvalue weighted by molar-refractivity contribution is 5.76. The Morgan fingerprint density at radius 3 is 2.32 bits per heavy atom. The summed E-state index contributed by atoms with van der Waals surface area (Å²) >= 11 is 0. The zero-order valence-electron chi connectivity index (χ0n) is 16.1. The minimum Gasteiger partial charge on any atom is -0.370 e. The molecule has 28 heavy (non-hydrogen) atoms. The van der Waals surface area contributed by atoms with Crippen molar-refractivity contribution in [2.45, 2.75) is 46.3 Å². The number of nitrogens with zero attached hydrogens (tertiary/aromatic N) is 4. The van der Waals surface area contributed by atoms with Gasteiger partial charge in [0, 0.05) is 18.7 Å². The second-order valence-electron chi connectivity index (χ2n) is 6.61. The predicted molar refractivity (Wildman–Crippen MR) is 110 cm³/mol. The zero-order valence-corrected chi connectivity index (χ0v) is 16.1. The van der Waals surface area contributed by atoms with Gasteiger partial charge < -0.3 is 16.5 Å². The number of aliphatic imine (C=N–C) groups is 1. The summed E-state index contributed by atoms with van der Waals surface area (Å²) in [5, 5.41) is 0. The van der Waals surface area contributed by atoms with Crippen LogP contribution in [-0.4, -0.2) is 25.1 Å². The van der Waals surface area contributed by atoms with Crippen molar-refractivity contribution in [3.05, 3.63) is 50.7 Å². The van der Waals surface area contributed by atoms with E-state index >= 15 is 0 Å². The summed E-state index contributed by atoms with van der Waals surface area (Å²) in [4.78, 5) is 37.2. The molecule has 3 rings (SSSR count).